The van der Waals surface area contributed by atoms with E-state index in [9.17, 15) is 9.18 Å². The van der Waals surface area contributed by atoms with E-state index in [4.69, 9.17) is 15.0 Å². The second-order valence-electron chi connectivity index (χ2n) is 5.02. The van der Waals surface area contributed by atoms with Crippen molar-refractivity contribution in [2.75, 3.05) is 11.1 Å². The predicted octanol–water partition coefficient (Wildman–Crippen LogP) is 2.90. The molecule has 2 aromatic rings. The standard InChI is InChI=1S/C12H14FN3O3/c1-12(2,3)18-11(17)15-8-5-9-6(4-7(8)13)10(14)16-19-9/h4-5H,1-3H3,(H2,14,16)(H,15,17). The second-order valence-corrected chi connectivity index (χ2v) is 5.02. The molecule has 7 heteroatoms. The van der Waals surface area contributed by atoms with Crippen molar-refractivity contribution in [3.8, 4) is 0 Å². The summed E-state index contributed by atoms with van der Waals surface area (Å²) in [6, 6.07) is 2.45. The summed E-state index contributed by atoms with van der Waals surface area (Å²) in [6.45, 7) is 5.13. The number of halogens is 1. The highest BCUT2D eigenvalue weighted by Gasteiger charge is 2.18. The van der Waals surface area contributed by atoms with E-state index in [0.29, 0.717) is 5.39 Å². The van der Waals surface area contributed by atoms with Crippen LogP contribution >= 0.6 is 0 Å². The van der Waals surface area contributed by atoms with Crippen LogP contribution in [0.15, 0.2) is 16.7 Å². The molecule has 0 atom stereocenters. The number of nitrogens with zero attached hydrogens (tertiary/aromatic N) is 1. The van der Waals surface area contributed by atoms with Gasteiger partial charge in [0.2, 0.25) is 0 Å². The van der Waals surface area contributed by atoms with E-state index in [2.05, 4.69) is 10.5 Å². The molecule has 6 nitrogen and oxygen atoms in total. The molecular weight excluding hydrogens is 253 g/mol. The first kappa shape index (κ1) is 13.1. The zero-order valence-corrected chi connectivity index (χ0v) is 10.8. The third-order valence-electron chi connectivity index (χ3n) is 2.22. The Morgan fingerprint density at radius 1 is 1.47 bits per heavy atom. The molecular formula is C12H14FN3O3. The SMILES string of the molecule is CC(C)(C)OC(=O)Nc1cc2onc(N)c2cc1F. The van der Waals surface area contributed by atoms with Gasteiger partial charge in [-0.1, -0.05) is 5.16 Å². The Labute approximate surface area is 108 Å². The van der Waals surface area contributed by atoms with E-state index in [0.717, 1.165) is 6.07 Å². The van der Waals surface area contributed by atoms with Crippen LogP contribution in [0.2, 0.25) is 0 Å². The van der Waals surface area contributed by atoms with Gasteiger partial charge < -0.3 is 15.0 Å². The summed E-state index contributed by atoms with van der Waals surface area (Å²) in [5.74, 6) is -0.550. The minimum absolute atomic E-state index is 0.0575. The minimum atomic E-state index is -0.752. The maximum absolute atomic E-state index is 13.8. The van der Waals surface area contributed by atoms with E-state index in [-0.39, 0.29) is 17.1 Å². The van der Waals surface area contributed by atoms with Gasteiger partial charge in [-0.15, -0.1) is 0 Å². The molecule has 0 unspecified atom stereocenters. The lowest BCUT2D eigenvalue weighted by Gasteiger charge is -2.19. The highest BCUT2D eigenvalue weighted by Crippen LogP contribution is 2.27. The number of rotatable bonds is 1. The van der Waals surface area contributed by atoms with Gasteiger partial charge in [-0.2, -0.15) is 0 Å². The molecule has 0 saturated heterocycles. The van der Waals surface area contributed by atoms with Crippen LogP contribution in [0.3, 0.4) is 0 Å². The topological polar surface area (TPSA) is 90.4 Å². The fraction of sp³-hybridized carbons (Fsp3) is 0.333. The number of nitrogens with two attached hydrogens (primary N) is 1. The summed E-state index contributed by atoms with van der Waals surface area (Å²) in [5, 5.41) is 6.17. The molecule has 0 radical (unpaired) electrons. The number of fused-ring (bicyclic) bond motifs is 1. The number of hydrogen-bond acceptors (Lipinski definition) is 5. The van der Waals surface area contributed by atoms with Crippen molar-refractivity contribution in [2.24, 2.45) is 0 Å². The first-order valence-electron chi connectivity index (χ1n) is 5.61. The molecule has 2 rings (SSSR count). The smallest absolute Gasteiger partial charge is 0.412 e. The van der Waals surface area contributed by atoms with Crippen molar-refractivity contribution in [3.05, 3.63) is 17.9 Å². The highest BCUT2D eigenvalue weighted by molar-refractivity contribution is 5.93. The van der Waals surface area contributed by atoms with Gasteiger partial charge in [-0.3, -0.25) is 5.32 Å². The van der Waals surface area contributed by atoms with Crippen LogP contribution in [-0.4, -0.2) is 16.9 Å². The Morgan fingerprint density at radius 2 is 2.16 bits per heavy atom. The Morgan fingerprint density at radius 3 is 2.79 bits per heavy atom. The molecule has 0 aliphatic carbocycles. The molecule has 1 aromatic heterocycles. The largest absolute Gasteiger partial charge is 0.444 e. The summed E-state index contributed by atoms with van der Waals surface area (Å²) in [4.78, 5) is 11.6. The number of aromatic nitrogens is 1. The van der Waals surface area contributed by atoms with Gasteiger partial charge in [0, 0.05) is 6.07 Å². The molecule has 0 aliphatic rings. The van der Waals surface area contributed by atoms with Crippen LogP contribution in [-0.2, 0) is 4.74 Å². The lowest BCUT2D eigenvalue weighted by atomic mass is 10.2. The predicted molar refractivity (Wildman–Crippen MR) is 68.2 cm³/mol. The van der Waals surface area contributed by atoms with Crippen molar-refractivity contribution in [3.63, 3.8) is 0 Å². The van der Waals surface area contributed by atoms with Crippen molar-refractivity contribution >= 4 is 28.6 Å². The molecule has 3 N–H and O–H groups in total. The maximum atomic E-state index is 13.8. The van der Waals surface area contributed by atoms with Crippen LogP contribution in [0, 0.1) is 5.82 Å². The molecule has 1 heterocycles. The number of anilines is 2. The van der Waals surface area contributed by atoms with Gasteiger partial charge in [0.25, 0.3) is 0 Å². The Kier molecular flexibility index (Phi) is 3.05. The molecule has 0 aliphatic heterocycles. The second kappa shape index (κ2) is 4.42. The Balaban J connectivity index is 2.26. The van der Waals surface area contributed by atoms with E-state index in [1.165, 1.54) is 6.07 Å². The van der Waals surface area contributed by atoms with Crippen molar-refractivity contribution in [2.45, 2.75) is 26.4 Å². The van der Waals surface area contributed by atoms with Gasteiger partial charge in [0.1, 0.15) is 11.4 Å². The average molecular weight is 267 g/mol. The quantitative estimate of drug-likeness (QED) is 0.829. The number of carbonyl (C=O) groups excluding carboxylic acids is 1. The third kappa shape index (κ3) is 2.93. The molecule has 102 valence electrons. The van der Waals surface area contributed by atoms with Crippen molar-refractivity contribution in [1.29, 1.82) is 0 Å². The number of amides is 1. The summed E-state index contributed by atoms with van der Waals surface area (Å²) in [6.07, 6.45) is -0.752. The minimum Gasteiger partial charge on any atom is -0.444 e. The van der Waals surface area contributed by atoms with Crippen molar-refractivity contribution in [1.82, 2.24) is 5.16 Å². The molecule has 0 saturated carbocycles. The fourth-order valence-corrected chi connectivity index (χ4v) is 1.49. The summed E-state index contributed by atoms with van der Waals surface area (Å²) in [7, 11) is 0. The molecule has 0 spiro atoms. The monoisotopic (exact) mass is 267 g/mol. The number of nitrogen functional groups attached to an aromatic ring is 1. The third-order valence-corrected chi connectivity index (χ3v) is 2.22. The normalized spacial score (nSPS) is 11.6. The van der Waals surface area contributed by atoms with Gasteiger partial charge in [0.05, 0.1) is 11.1 Å². The first-order chi connectivity index (χ1) is 8.76. The molecule has 1 aromatic carbocycles. The number of nitrogens with one attached hydrogen (secondary N) is 1. The fourth-order valence-electron chi connectivity index (χ4n) is 1.49. The number of ether oxygens (including phenoxy) is 1. The van der Waals surface area contributed by atoms with Crippen molar-refractivity contribution < 1.29 is 18.4 Å². The first-order valence-corrected chi connectivity index (χ1v) is 5.61. The Hall–Kier alpha value is -2.31. The lowest BCUT2D eigenvalue weighted by Crippen LogP contribution is -2.27. The van der Waals surface area contributed by atoms with Crippen LogP contribution in [0.5, 0.6) is 0 Å². The average Bonchev–Trinajstić information content (AvgIpc) is 2.58. The summed E-state index contributed by atoms with van der Waals surface area (Å²) >= 11 is 0. The zero-order valence-electron chi connectivity index (χ0n) is 10.8. The number of hydrogen-bond donors (Lipinski definition) is 2. The summed E-state index contributed by atoms with van der Waals surface area (Å²) in [5.41, 5.74) is 5.06. The highest BCUT2D eigenvalue weighted by atomic mass is 19.1. The van der Waals surface area contributed by atoms with Crippen LogP contribution in [0.1, 0.15) is 20.8 Å². The molecule has 0 bridgehead atoms. The molecule has 19 heavy (non-hydrogen) atoms. The lowest BCUT2D eigenvalue weighted by molar-refractivity contribution is 0.0635. The van der Waals surface area contributed by atoms with Crippen LogP contribution in [0.25, 0.3) is 11.0 Å². The Bertz CT molecular complexity index is 631. The van der Waals surface area contributed by atoms with Gasteiger partial charge in [-0.05, 0) is 26.8 Å². The maximum Gasteiger partial charge on any atom is 0.412 e. The van der Waals surface area contributed by atoms with E-state index in [1.54, 1.807) is 20.8 Å². The van der Waals surface area contributed by atoms with Crippen LogP contribution in [0.4, 0.5) is 20.7 Å². The summed E-state index contributed by atoms with van der Waals surface area (Å²) < 4.78 is 23.7. The number of carbonyl (C=O) groups is 1. The molecule has 0 fully saturated rings. The van der Waals surface area contributed by atoms with Gasteiger partial charge in [0.15, 0.2) is 11.4 Å². The number of benzene rings is 1. The van der Waals surface area contributed by atoms with Gasteiger partial charge >= 0.3 is 6.09 Å². The van der Waals surface area contributed by atoms with E-state index in [1.807, 2.05) is 0 Å². The van der Waals surface area contributed by atoms with E-state index >= 15 is 0 Å². The van der Waals surface area contributed by atoms with Crippen LogP contribution < -0.4 is 11.1 Å². The zero-order chi connectivity index (χ0) is 14.2. The molecule has 1 amide bonds. The van der Waals surface area contributed by atoms with E-state index < -0.39 is 17.5 Å². The van der Waals surface area contributed by atoms with Gasteiger partial charge in [-0.25, -0.2) is 9.18 Å².